The Morgan fingerprint density at radius 2 is 2.33 bits per heavy atom. The summed E-state index contributed by atoms with van der Waals surface area (Å²) in [6.45, 7) is 7.74. The van der Waals surface area contributed by atoms with E-state index in [1.165, 1.54) is 0 Å². The van der Waals surface area contributed by atoms with Gasteiger partial charge in [0.05, 0.1) is 0 Å². The summed E-state index contributed by atoms with van der Waals surface area (Å²) in [6, 6.07) is 0. The van der Waals surface area contributed by atoms with E-state index in [0.29, 0.717) is 12.3 Å². The van der Waals surface area contributed by atoms with Gasteiger partial charge in [-0.3, -0.25) is 4.79 Å². The maximum atomic E-state index is 11.2. The Bertz CT molecular complexity index is 233. The third-order valence-corrected chi connectivity index (χ3v) is 2.28. The summed E-state index contributed by atoms with van der Waals surface area (Å²) in [4.78, 5) is 11.2. The van der Waals surface area contributed by atoms with Gasteiger partial charge in [-0.1, -0.05) is 18.2 Å². The molecule has 0 N–H and O–H groups in total. The number of carbonyl (C=O) groups excluding carboxylic acids is 1. The van der Waals surface area contributed by atoms with Crippen LogP contribution in [-0.4, -0.2) is 5.78 Å². The minimum atomic E-state index is 0. The number of ketones is 1. The van der Waals surface area contributed by atoms with Gasteiger partial charge >= 0.3 is 18.9 Å². The summed E-state index contributed by atoms with van der Waals surface area (Å²) in [5.74, 6) is 0.676. The Hall–Kier alpha value is -0.253. The molecule has 1 aliphatic carbocycles. The van der Waals surface area contributed by atoms with Crippen LogP contribution in [0.4, 0.5) is 0 Å². The molecule has 0 aromatic heterocycles. The first-order chi connectivity index (χ1) is 5.11. The van der Waals surface area contributed by atoms with Crippen molar-refractivity contribution < 1.29 is 25.1 Å². The first-order valence-electron chi connectivity index (χ1n) is 3.96. The molecule has 1 atom stereocenters. The molecule has 0 saturated carbocycles. The molecule has 62 valence electrons. The molecule has 0 amide bonds. The van der Waals surface area contributed by atoms with E-state index in [1.807, 2.05) is 19.9 Å². The van der Waals surface area contributed by atoms with Gasteiger partial charge in [-0.15, -0.1) is 0 Å². The number of Topliss-reactive ketones (excluding diaryl/α,β-unsaturated/α-hetero) is 1. The molecule has 1 unspecified atom stereocenters. The van der Waals surface area contributed by atoms with Crippen molar-refractivity contribution in [3.8, 4) is 0 Å². The van der Waals surface area contributed by atoms with E-state index in [0.717, 1.165) is 17.6 Å². The van der Waals surface area contributed by atoms with Crippen LogP contribution in [0.25, 0.3) is 0 Å². The topological polar surface area (TPSA) is 17.1 Å². The van der Waals surface area contributed by atoms with Gasteiger partial charge in [0.15, 0.2) is 5.78 Å². The van der Waals surface area contributed by atoms with Crippen molar-refractivity contribution in [2.24, 2.45) is 5.92 Å². The molecule has 1 rings (SSSR count). The fourth-order valence-corrected chi connectivity index (χ4v) is 1.28. The van der Waals surface area contributed by atoms with E-state index in [2.05, 4.69) is 6.58 Å². The van der Waals surface area contributed by atoms with Crippen molar-refractivity contribution >= 4 is 5.78 Å². The molecule has 0 bridgehead atoms. The average Bonchev–Trinajstić information content (AvgIpc) is 1.94. The quantitative estimate of drug-likeness (QED) is 0.375. The molecular weight excluding hydrogens is 143 g/mol. The molecule has 0 radical (unpaired) electrons. The second-order valence-electron chi connectivity index (χ2n) is 3.29. The maximum absolute atomic E-state index is 11.2. The van der Waals surface area contributed by atoms with E-state index in [-0.39, 0.29) is 26.1 Å². The van der Waals surface area contributed by atoms with Gasteiger partial charge in [0, 0.05) is 6.42 Å². The van der Waals surface area contributed by atoms with E-state index < -0.39 is 0 Å². The second-order valence-corrected chi connectivity index (χ2v) is 3.29. The smallest absolute Gasteiger partial charge is 1.00 e. The Kier molecular flexibility index (Phi) is 4.60. The van der Waals surface area contributed by atoms with E-state index >= 15 is 0 Å². The van der Waals surface area contributed by atoms with Gasteiger partial charge < -0.3 is 1.43 Å². The predicted molar refractivity (Wildman–Crippen MR) is 47.4 cm³/mol. The van der Waals surface area contributed by atoms with Crippen LogP contribution in [0.15, 0.2) is 23.8 Å². The Morgan fingerprint density at radius 1 is 1.75 bits per heavy atom. The number of allylic oxidation sites excluding steroid dienone is 3. The van der Waals surface area contributed by atoms with Crippen LogP contribution in [0.3, 0.4) is 0 Å². The molecular formula is C10H15LiO. The molecule has 1 aliphatic rings. The van der Waals surface area contributed by atoms with Gasteiger partial charge in [-0.05, 0) is 31.8 Å². The van der Waals surface area contributed by atoms with Crippen LogP contribution in [0.5, 0.6) is 0 Å². The fraction of sp³-hybridized carbons (Fsp3) is 0.500. The molecule has 0 saturated heterocycles. The van der Waals surface area contributed by atoms with Gasteiger partial charge in [0.2, 0.25) is 0 Å². The number of carbonyl (C=O) groups is 1. The van der Waals surface area contributed by atoms with E-state index in [9.17, 15) is 4.79 Å². The van der Waals surface area contributed by atoms with Crippen molar-refractivity contribution in [2.45, 2.75) is 26.7 Å². The zero-order chi connectivity index (χ0) is 8.43. The van der Waals surface area contributed by atoms with Crippen molar-refractivity contribution in [3.05, 3.63) is 23.8 Å². The molecule has 0 aromatic rings. The number of hydrogen-bond donors (Lipinski definition) is 0. The van der Waals surface area contributed by atoms with Gasteiger partial charge in [0.25, 0.3) is 0 Å². The Morgan fingerprint density at radius 3 is 2.75 bits per heavy atom. The molecule has 0 aliphatic heterocycles. The largest absolute Gasteiger partial charge is 1.00 e. The number of hydrogen-bond acceptors (Lipinski definition) is 1. The van der Waals surface area contributed by atoms with Gasteiger partial charge in [-0.2, -0.15) is 0 Å². The van der Waals surface area contributed by atoms with Gasteiger partial charge in [-0.25, -0.2) is 0 Å². The average molecular weight is 158 g/mol. The molecule has 0 aromatic carbocycles. The van der Waals surface area contributed by atoms with E-state index in [4.69, 9.17) is 0 Å². The molecule has 1 nitrogen and oxygen atoms in total. The van der Waals surface area contributed by atoms with Crippen molar-refractivity contribution in [1.29, 1.82) is 0 Å². The molecule has 0 heterocycles. The van der Waals surface area contributed by atoms with Crippen LogP contribution in [0, 0.1) is 5.92 Å². The third-order valence-electron chi connectivity index (χ3n) is 2.28. The normalized spacial score (nSPS) is 22.7. The van der Waals surface area contributed by atoms with Crippen molar-refractivity contribution in [2.75, 3.05) is 0 Å². The standard InChI is InChI=1S/C10H14O.Li.H/c1-7(2)9-5-4-8(3)10(11)6-9;;/h4,9H,1,5-6H2,2-3H3;;/q;+1;-1. The summed E-state index contributed by atoms with van der Waals surface area (Å²) < 4.78 is 0. The molecule has 2 heteroatoms. The summed E-state index contributed by atoms with van der Waals surface area (Å²) in [7, 11) is 0. The molecule has 0 spiro atoms. The fourth-order valence-electron chi connectivity index (χ4n) is 1.28. The minimum absolute atomic E-state index is 0. The van der Waals surface area contributed by atoms with Crippen molar-refractivity contribution in [3.63, 3.8) is 0 Å². The zero-order valence-electron chi connectivity index (χ0n) is 9.18. The second kappa shape index (κ2) is 4.70. The SMILES string of the molecule is C=C(C)C1CC=C(C)C(=O)C1.[H-].[Li+]. The van der Waals surface area contributed by atoms with E-state index in [1.54, 1.807) is 0 Å². The Labute approximate surface area is 87.6 Å². The van der Waals surface area contributed by atoms with Crippen LogP contribution in [0.1, 0.15) is 28.1 Å². The first-order valence-corrected chi connectivity index (χ1v) is 3.96. The summed E-state index contributed by atoms with van der Waals surface area (Å²) in [5.41, 5.74) is 2.05. The first kappa shape index (κ1) is 11.7. The minimum Gasteiger partial charge on any atom is -1.00 e. The maximum Gasteiger partial charge on any atom is 1.00 e. The van der Waals surface area contributed by atoms with Crippen molar-refractivity contribution in [1.82, 2.24) is 0 Å². The molecule has 12 heavy (non-hydrogen) atoms. The summed E-state index contributed by atoms with van der Waals surface area (Å²) in [6.07, 6.45) is 3.68. The summed E-state index contributed by atoms with van der Waals surface area (Å²) in [5, 5.41) is 0. The molecule has 0 fully saturated rings. The third kappa shape index (κ3) is 2.66. The van der Waals surface area contributed by atoms with Crippen LogP contribution >= 0.6 is 0 Å². The van der Waals surface area contributed by atoms with Crippen LogP contribution < -0.4 is 18.9 Å². The van der Waals surface area contributed by atoms with Crippen LogP contribution in [-0.2, 0) is 4.79 Å². The summed E-state index contributed by atoms with van der Waals surface area (Å²) >= 11 is 0. The monoisotopic (exact) mass is 158 g/mol. The zero-order valence-corrected chi connectivity index (χ0v) is 8.18. The Balaban J connectivity index is 0. The van der Waals surface area contributed by atoms with Gasteiger partial charge in [0.1, 0.15) is 0 Å². The number of rotatable bonds is 1. The van der Waals surface area contributed by atoms with Crippen LogP contribution in [0.2, 0.25) is 0 Å². The predicted octanol–water partition coefficient (Wildman–Crippen LogP) is -0.396.